The van der Waals surface area contributed by atoms with Crippen molar-refractivity contribution in [3.05, 3.63) is 65.9 Å². The second-order valence-electron chi connectivity index (χ2n) is 4.90. The Kier molecular flexibility index (Phi) is 3.62. The van der Waals surface area contributed by atoms with E-state index in [0.717, 1.165) is 16.5 Å². The van der Waals surface area contributed by atoms with Crippen molar-refractivity contribution in [2.75, 3.05) is 0 Å². The predicted octanol–water partition coefficient (Wildman–Crippen LogP) is 2.41. The van der Waals surface area contributed by atoms with Crippen molar-refractivity contribution >= 4 is 22.8 Å². The highest BCUT2D eigenvalue weighted by Crippen LogP contribution is 2.19. The Labute approximate surface area is 126 Å². The van der Waals surface area contributed by atoms with Gasteiger partial charge in [0.05, 0.1) is 6.42 Å². The van der Waals surface area contributed by atoms with E-state index < -0.39 is 5.91 Å². The molecule has 5 heteroatoms. The summed E-state index contributed by atoms with van der Waals surface area (Å²) in [7, 11) is 0. The first-order valence-electron chi connectivity index (χ1n) is 6.79. The van der Waals surface area contributed by atoms with Gasteiger partial charge < -0.3 is 15.5 Å². The molecule has 0 saturated heterocycles. The average Bonchev–Trinajstić information content (AvgIpc) is 2.91. The summed E-state index contributed by atoms with van der Waals surface area (Å²) in [6.45, 7) is 0. The molecule has 0 saturated carbocycles. The number of nitrogens with one attached hydrogen (secondary N) is 1. The summed E-state index contributed by atoms with van der Waals surface area (Å²) in [5.74, 6) is -0.497. The summed E-state index contributed by atoms with van der Waals surface area (Å²) in [5, 5.41) is 1.00. The molecule has 0 spiro atoms. The number of hydrogen-bond acceptors (Lipinski definition) is 3. The molecule has 0 unspecified atom stereocenters. The monoisotopic (exact) mass is 294 g/mol. The van der Waals surface area contributed by atoms with Gasteiger partial charge in [-0.1, -0.05) is 18.2 Å². The second-order valence-corrected chi connectivity index (χ2v) is 4.90. The van der Waals surface area contributed by atoms with Gasteiger partial charge in [0.15, 0.2) is 0 Å². The SMILES string of the molecule is NC(=O)c1ccc(OC(=O)Cc2c[nH]c3ccccc23)cc1. The standard InChI is InChI=1S/C17H14N2O3/c18-17(21)11-5-7-13(8-6-11)22-16(20)9-12-10-19-15-4-2-1-3-14(12)15/h1-8,10,19H,9H2,(H2,18,21). The number of fused-ring (bicyclic) bond motifs is 1. The fourth-order valence-corrected chi connectivity index (χ4v) is 2.29. The van der Waals surface area contributed by atoms with E-state index in [4.69, 9.17) is 10.5 Å². The number of esters is 1. The molecule has 5 nitrogen and oxygen atoms in total. The third-order valence-corrected chi connectivity index (χ3v) is 3.38. The van der Waals surface area contributed by atoms with Gasteiger partial charge in [0.25, 0.3) is 0 Å². The molecule has 22 heavy (non-hydrogen) atoms. The van der Waals surface area contributed by atoms with Gasteiger partial charge >= 0.3 is 5.97 Å². The van der Waals surface area contributed by atoms with Crippen molar-refractivity contribution in [1.29, 1.82) is 0 Å². The van der Waals surface area contributed by atoms with Crippen LogP contribution in [0.3, 0.4) is 0 Å². The summed E-state index contributed by atoms with van der Waals surface area (Å²) in [6.07, 6.45) is 1.98. The molecular weight excluding hydrogens is 280 g/mol. The van der Waals surface area contributed by atoms with E-state index in [9.17, 15) is 9.59 Å². The Bertz CT molecular complexity index is 834. The first kappa shape index (κ1) is 13.9. The number of benzene rings is 2. The maximum absolute atomic E-state index is 12.0. The van der Waals surface area contributed by atoms with Crippen LogP contribution in [0.1, 0.15) is 15.9 Å². The molecule has 3 rings (SSSR count). The molecule has 110 valence electrons. The number of primary amides is 1. The Morgan fingerprint density at radius 1 is 1.05 bits per heavy atom. The number of ether oxygens (including phenoxy) is 1. The molecule has 0 aliphatic rings. The molecule has 0 radical (unpaired) electrons. The fraction of sp³-hybridized carbons (Fsp3) is 0.0588. The first-order chi connectivity index (χ1) is 10.6. The zero-order valence-corrected chi connectivity index (χ0v) is 11.7. The van der Waals surface area contributed by atoms with Gasteiger partial charge in [0, 0.05) is 22.7 Å². The topological polar surface area (TPSA) is 85.2 Å². The number of amides is 1. The number of para-hydroxylation sites is 1. The predicted molar refractivity (Wildman–Crippen MR) is 82.6 cm³/mol. The molecule has 1 heterocycles. The van der Waals surface area contributed by atoms with Gasteiger partial charge in [-0.25, -0.2) is 0 Å². The Morgan fingerprint density at radius 2 is 1.77 bits per heavy atom. The van der Waals surface area contributed by atoms with Crippen molar-refractivity contribution in [3.63, 3.8) is 0 Å². The number of nitrogens with two attached hydrogens (primary N) is 1. The number of carbonyl (C=O) groups is 2. The number of H-pyrrole nitrogens is 1. The lowest BCUT2D eigenvalue weighted by Crippen LogP contribution is -2.12. The number of aromatic amines is 1. The molecule has 0 atom stereocenters. The summed E-state index contributed by atoms with van der Waals surface area (Å²) in [5.41, 5.74) is 7.40. The van der Waals surface area contributed by atoms with Crippen LogP contribution in [0.15, 0.2) is 54.7 Å². The quantitative estimate of drug-likeness (QED) is 0.572. The van der Waals surface area contributed by atoms with Crippen molar-refractivity contribution < 1.29 is 14.3 Å². The van der Waals surface area contributed by atoms with Gasteiger partial charge in [-0.15, -0.1) is 0 Å². The molecular formula is C17H14N2O3. The van der Waals surface area contributed by atoms with Crippen LogP contribution in [0.5, 0.6) is 5.75 Å². The minimum absolute atomic E-state index is 0.168. The van der Waals surface area contributed by atoms with E-state index in [2.05, 4.69) is 4.98 Å². The minimum atomic E-state index is -0.517. The van der Waals surface area contributed by atoms with Crippen LogP contribution >= 0.6 is 0 Å². The number of hydrogen-bond donors (Lipinski definition) is 2. The zero-order chi connectivity index (χ0) is 15.5. The third-order valence-electron chi connectivity index (χ3n) is 3.38. The van der Waals surface area contributed by atoms with Gasteiger partial charge in [-0.05, 0) is 35.9 Å². The van der Waals surface area contributed by atoms with Crippen molar-refractivity contribution in [1.82, 2.24) is 4.98 Å². The first-order valence-corrected chi connectivity index (χ1v) is 6.79. The fourth-order valence-electron chi connectivity index (χ4n) is 2.29. The maximum atomic E-state index is 12.0. The smallest absolute Gasteiger partial charge is 0.315 e. The van der Waals surface area contributed by atoms with Gasteiger partial charge in [-0.3, -0.25) is 9.59 Å². The number of rotatable bonds is 4. The maximum Gasteiger partial charge on any atom is 0.315 e. The molecule has 3 aromatic rings. The van der Waals surface area contributed by atoms with E-state index in [1.54, 1.807) is 12.1 Å². The summed E-state index contributed by atoms with van der Waals surface area (Å²) in [4.78, 5) is 26.1. The molecule has 0 fully saturated rings. The highest BCUT2D eigenvalue weighted by molar-refractivity contribution is 5.93. The van der Waals surface area contributed by atoms with E-state index in [1.165, 1.54) is 12.1 Å². The van der Waals surface area contributed by atoms with E-state index in [1.807, 2.05) is 30.5 Å². The lowest BCUT2D eigenvalue weighted by Gasteiger charge is -2.04. The molecule has 1 aromatic heterocycles. The average molecular weight is 294 g/mol. The van der Waals surface area contributed by atoms with Crippen LogP contribution in [0.25, 0.3) is 10.9 Å². The lowest BCUT2D eigenvalue weighted by atomic mass is 10.1. The van der Waals surface area contributed by atoms with Crippen LogP contribution in [0.2, 0.25) is 0 Å². The minimum Gasteiger partial charge on any atom is -0.426 e. The zero-order valence-electron chi connectivity index (χ0n) is 11.7. The van der Waals surface area contributed by atoms with Crippen LogP contribution in [0.4, 0.5) is 0 Å². The number of carbonyl (C=O) groups excluding carboxylic acids is 2. The molecule has 3 N–H and O–H groups in total. The Morgan fingerprint density at radius 3 is 2.50 bits per heavy atom. The molecule has 0 aliphatic heterocycles. The largest absolute Gasteiger partial charge is 0.426 e. The summed E-state index contributed by atoms with van der Waals surface area (Å²) >= 11 is 0. The van der Waals surface area contributed by atoms with E-state index in [0.29, 0.717) is 11.3 Å². The Balaban J connectivity index is 1.71. The van der Waals surface area contributed by atoms with Crippen LogP contribution in [-0.2, 0) is 11.2 Å². The van der Waals surface area contributed by atoms with E-state index in [-0.39, 0.29) is 12.4 Å². The Hall–Kier alpha value is -3.08. The molecule has 0 aliphatic carbocycles. The second kappa shape index (κ2) is 5.73. The third kappa shape index (κ3) is 2.83. The van der Waals surface area contributed by atoms with Gasteiger partial charge in [-0.2, -0.15) is 0 Å². The van der Waals surface area contributed by atoms with Crippen molar-refractivity contribution in [2.45, 2.75) is 6.42 Å². The normalized spacial score (nSPS) is 10.5. The lowest BCUT2D eigenvalue weighted by molar-refractivity contribution is -0.133. The summed E-state index contributed by atoms with van der Waals surface area (Å²) < 4.78 is 5.27. The van der Waals surface area contributed by atoms with E-state index >= 15 is 0 Å². The highest BCUT2D eigenvalue weighted by atomic mass is 16.5. The van der Waals surface area contributed by atoms with Crippen LogP contribution in [0, 0.1) is 0 Å². The number of aromatic nitrogens is 1. The summed E-state index contributed by atoms with van der Waals surface area (Å²) in [6, 6.07) is 13.9. The van der Waals surface area contributed by atoms with Crippen molar-refractivity contribution in [2.24, 2.45) is 5.73 Å². The molecule has 1 amide bonds. The molecule has 0 bridgehead atoms. The van der Waals surface area contributed by atoms with Gasteiger partial charge in [0.1, 0.15) is 5.75 Å². The molecule has 2 aromatic carbocycles. The highest BCUT2D eigenvalue weighted by Gasteiger charge is 2.11. The van der Waals surface area contributed by atoms with Crippen LogP contribution < -0.4 is 10.5 Å². The van der Waals surface area contributed by atoms with Gasteiger partial charge in [0.2, 0.25) is 5.91 Å². The van der Waals surface area contributed by atoms with Crippen LogP contribution in [-0.4, -0.2) is 16.9 Å². The van der Waals surface area contributed by atoms with Crippen molar-refractivity contribution in [3.8, 4) is 5.75 Å².